The molecule has 30 heavy (non-hydrogen) atoms. The molecule has 0 fully saturated rings. The van der Waals surface area contributed by atoms with E-state index in [4.69, 9.17) is 14.2 Å². The molecule has 0 saturated carbocycles. The van der Waals surface area contributed by atoms with E-state index in [-0.39, 0.29) is 6.10 Å². The van der Waals surface area contributed by atoms with Gasteiger partial charge in [0.1, 0.15) is 17.6 Å². The van der Waals surface area contributed by atoms with Gasteiger partial charge in [-0.1, -0.05) is 38.7 Å². The minimum Gasteiger partial charge on any atom is -0.494 e. The predicted octanol–water partition coefficient (Wildman–Crippen LogP) is 6.51. The molecule has 0 aliphatic carbocycles. The Hall–Kier alpha value is -2.59. The molecule has 1 atom stereocenters. The van der Waals surface area contributed by atoms with Crippen LogP contribution in [0.2, 0.25) is 0 Å². The average molecular weight is 408 g/mol. The molecule has 4 heteroatoms. The molecule has 3 rings (SSSR count). The van der Waals surface area contributed by atoms with Gasteiger partial charge in [-0.3, -0.25) is 4.99 Å². The summed E-state index contributed by atoms with van der Waals surface area (Å²) in [7, 11) is 0. The summed E-state index contributed by atoms with van der Waals surface area (Å²) < 4.78 is 17.3. The molecule has 2 aromatic rings. The van der Waals surface area contributed by atoms with E-state index in [1.807, 2.05) is 54.7 Å². The average Bonchev–Trinajstić information content (AvgIpc) is 2.78. The Balaban J connectivity index is 1.45. The molecule has 0 unspecified atom stereocenters. The van der Waals surface area contributed by atoms with Crippen LogP contribution in [0, 0.1) is 0 Å². The first-order valence-electron chi connectivity index (χ1n) is 11.0. The van der Waals surface area contributed by atoms with Gasteiger partial charge in [-0.05, 0) is 73.0 Å². The Morgan fingerprint density at radius 3 is 2.43 bits per heavy atom. The monoisotopic (exact) mass is 407 g/mol. The van der Waals surface area contributed by atoms with Crippen LogP contribution in [-0.2, 0) is 4.74 Å². The molecule has 0 radical (unpaired) electrons. The van der Waals surface area contributed by atoms with E-state index in [0.29, 0.717) is 13.2 Å². The highest BCUT2D eigenvalue weighted by Crippen LogP contribution is 2.20. The Kier molecular flexibility index (Phi) is 8.98. The number of ether oxygens (including phenoxy) is 3. The van der Waals surface area contributed by atoms with Crippen molar-refractivity contribution in [3.05, 3.63) is 65.7 Å². The van der Waals surface area contributed by atoms with Gasteiger partial charge in [-0.25, -0.2) is 0 Å². The van der Waals surface area contributed by atoms with Crippen molar-refractivity contribution in [2.24, 2.45) is 4.99 Å². The zero-order chi connectivity index (χ0) is 21.0. The first kappa shape index (κ1) is 22.1. The number of hydrogen-bond acceptors (Lipinski definition) is 4. The van der Waals surface area contributed by atoms with Gasteiger partial charge in [0.2, 0.25) is 0 Å². The predicted molar refractivity (Wildman–Crippen MR) is 123 cm³/mol. The van der Waals surface area contributed by atoms with Crippen molar-refractivity contribution >= 4 is 11.9 Å². The van der Waals surface area contributed by atoms with Crippen LogP contribution in [0.15, 0.2) is 65.2 Å². The van der Waals surface area contributed by atoms with Gasteiger partial charge in [-0.2, -0.15) is 0 Å². The van der Waals surface area contributed by atoms with Crippen molar-refractivity contribution < 1.29 is 14.2 Å². The lowest BCUT2D eigenvalue weighted by molar-refractivity contribution is 0.0681. The van der Waals surface area contributed by atoms with Crippen molar-refractivity contribution in [3.63, 3.8) is 0 Å². The van der Waals surface area contributed by atoms with Crippen LogP contribution >= 0.6 is 0 Å². The molecule has 0 bridgehead atoms. The van der Waals surface area contributed by atoms with Crippen molar-refractivity contribution in [2.45, 2.75) is 52.1 Å². The number of nitrogens with zero attached hydrogens (tertiary/aromatic N) is 1. The fourth-order valence-electron chi connectivity index (χ4n) is 3.23. The normalized spacial score (nSPS) is 16.5. The number of hydrogen-bond donors (Lipinski definition) is 0. The molecule has 2 aromatic carbocycles. The summed E-state index contributed by atoms with van der Waals surface area (Å²) in [5.41, 5.74) is 3.16. The maximum Gasteiger partial charge on any atom is 0.143 e. The second-order valence-corrected chi connectivity index (χ2v) is 7.68. The summed E-state index contributed by atoms with van der Waals surface area (Å²) in [5, 5.41) is 0. The number of rotatable bonds is 11. The highest BCUT2D eigenvalue weighted by molar-refractivity contribution is 5.82. The van der Waals surface area contributed by atoms with Gasteiger partial charge in [0.05, 0.1) is 25.5 Å². The Bertz CT molecular complexity index is 809. The largest absolute Gasteiger partial charge is 0.494 e. The zero-order valence-electron chi connectivity index (χ0n) is 18.2. The van der Waals surface area contributed by atoms with Gasteiger partial charge in [0.25, 0.3) is 0 Å². The SMILES string of the molecule is CCCCCCCOc1ccc(N=Cc2ccc(O[C@H]3COCC=C3C)cc2)cc1. The maximum absolute atomic E-state index is 6.01. The van der Waals surface area contributed by atoms with Crippen molar-refractivity contribution in [1.82, 2.24) is 0 Å². The molecule has 160 valence electrons. The van der Waals surface area contributed by atoms with Crippen LogP contribution in [-0.4, -0.2) is 32.1 Å². The van der Waals surface area contributed by atoms with E-state index >= 15 is 0 Å². The highest BCUT2D eigenvalue weighted by atomic mass is 16.5. The maximum atomic E-state index is 6.01. The molecular weight excluding hydrogens is 374 g/mol. The third-order valence-corrected chi connectivity index (χ3v) is 5.17. The quantitative estimate of drug-likeness (QED) is 0.242. The zero-order valence-corrected chi connectivity index (χ0v) is 18.2. The minimum absolute atomic E-state index is 0.00431. The molecular formula is C26H33NO3. The van der Waals surface area contributed by atoms with E-state index in [0.717, 1.165) is 35.8 Å². The summed E-state index contributed by atoms with van der Waals surface area (Å²) in [4.78, 5) is 4.55. The number of benzene rings is 2. The molecule has 1 heterocycles. The molecule has 0 aromatic heterocycles. The molecule has 1 aliphatic heterocycles. The first-order valence-corrected chi connectivity index (χ1v) is 11.0. The third-order valence-electron chi connectivity index (χ3n) is 5.17. The summed E-state index contributed by atoms with van der Waals surface area (Å²) in [6.07, 6.45) is 10.2. The standard InChI is InChI=1S/C26H33NO3/c1-3-4-5-6-7-17-29-24-14-10-23(11-15-24)27-19-22-8-12-25(13-9-22)30-26-20-28-18-16-21(26)2/h8-16,19,26H,3-7,17-18,20H2,1-2H3/t26-/m0/s1. The van der Waals surface area contributed by atoms with Gasteiger partial charge in [0.15, 0.2) is 0 Å². The van der Waals surface area contributed by atoms with E-state index in [1.165, 1.54) is 31.3 Å². The van der Waals surface area contributed by atoms with Crippen molar-refractivity contribution in [2.75, 3.05) is 19.8 Å². The van der Waals surface area contributed by atoms with Crippen LogP contribution in [0.4, 0.5) is 5.69 Å². The van der Waals surface area contributed by atoms with Crippen LogP contribution in [0.25, 0.3) is 0 Å². The van der Waals surface area contributed by atoms with E-state index in [1.54, 1.807) is 0 Å². The fraction of sp³-hybridized carbons (Fsp3) is 0.423. The summed E-state index contributed by atoms with van der Waals surface area (Å²) in [6, 6.07) is 15.9. The van der Waals surface area contributed by atoms with Crippen molar-refractivity contribution in [3.8, 4) is 11.5 Å². The van der Waals surface area contributed by atoms with E-state index in [9.17, 15) is 0 Å². The molecule has 0 spiro atoms. The smallest absolute Gasteiger partial charge is 0.143 e. The lowest BCUT2D eigenvalue weighted by atomic mass is 10.1. The Morgan fingerprint density at radius 2 is 1.70 bits per heavy atom. The second-order valence-electron chi connectivity index (χ2n) is 7.68. The third kappa shape index (κ3) is 7.34. The van der Waals surface area contributed by atoms with Crippen LogP contribution in [0.3, 0.4) is 0 Å². The molecule has 0 saturated heterocycles. The van der Waals surface area contributed by atoms with Gasteiger partial charge in [-0.15, -0.1) is 0 Å². The fourth-order valence-corrected chi connectivity index (χ4v) is 3.23. The van der Waals surface area contributed by atoms with Crippen LogP contribution in [0.5, 0.6) is 11.5 Å². The second kappa shape index (κ2) is 12.2. The number of unbranched alkanes of at least 4 members (excludes halogenated alkanes) is 4. The van der Waals surface area contributed by atoms with Gasteiger partial charge < -0.3 is 14.2 Å². The highest BCUT2D eigenvalue weighted by Gasteiger charge is 2.16. The summed E-state index contributed by atoms with van der Waals surface area (Å²) in [5.74, 6) is 1.74. The molecule has 4 nitrogen and oxygen atoms in total. The van der Waals surface area contributed by atoms with E-state index in [2.05, 4.69) is 24.9 Å². The van der Waals surface area contributed by atoms with Gasteiger partial charge >= 0.3 is 0 Å². The summed E-state index contributed by atoms with van der Waals surface area (Å²) >= 11 is 0. The Morgan fingerprint density at radius 1 is 0.967 bits per heavy atom. The topological polar surface area (TPSA) is 40.0 Å². The molecule has 1 aliphatic rings. The Labute approximate surface area is 180 Å². The first-order chi connectivity index (χ1) is 14.7. The van der Waals surface area contributed by atoms with Crippen molar-refractivity contribution in [1.29, 1.82) is 0 Å². The summed E-state index contributed by atoms with van der Waals surface area (Å²) in [6.45, 7) is 6.37. The lowest BCUT2D eigenvalue weighted by Gasteiger charge is -2.23. The minimum atomic E-state index is -0.00431. The number of aliphatic imine (C=N–C) groups is 1. The molecule has 0 N–H and O–H groups in total. The lowest BCUT2D eigenvalue weighted by Crippen LogP contribution is -2.28. The van der Waals surface area contributed by atoms with Gasteiger partial charge in [0, 0.05) is 6.21 Å². The van der Waals surface area contributed by atoms with E-state index < -0.39 is 0 Å². The van der Waals surface area contributed by atoms with Crippen LogP contribution < -0.4 is 9.47 Å². The van der Waals surface area contributed by atoms with Crippen LogP contribution in [0.1, 0.15) is 51.5 Å². The molecule has 0 amide bonds.